The Balaban J connectivity index is 1.86. The molecule has 3 aromatic rings. The molecule has 132 valence electrons. The summed E-state index contributed by atoms with van der Waals surface area (Å²) < 4.78 is 27.7. The highest BCUT2D eigenvalue weighted by molar-refractivity contribution is 7.80. The Hall–Kier alpha value is -2.79. The highest BCUT2D eigenvalue weighted by Crippen LogP contribution is 2.23. The maximum atomic E-state index is 13.8. The average molecular weight is 368 g/mol. The van der Waals surface area contributed by atoms with Crippen LogP contribution in [0.4, 0.5) is 14.5 Å². The molecule has 0 aliphatic rings. The maximum Gasteiger partial charge on any atom is 0.171 e. The summed E-state index contributed by atoms with van der Waals surface area (Å²) >= 11 is 5.30. The van der Waals surface area contributed by atoms with E-state index in [0.717, 1.165) is 16.7 Å². The molecule has 2 N–H and O–H groups in total. The molecule has 0 spiro atoms. The van der Waals surface area contributed by atoms with E-state index in [1.54, 1.807) is 0 Å². The van der Waals surface area contributed by atoms with Gasteiger partial charge in [0.05, 0.1) is 6.04 Å². The lowest BCUT2D eigenvalue weighted by atomic mass is 9.98. The van der Waals surface area contributed by atoms with Gasteiger partial charge in [-0.15, -0.1) is 0 Å². The van der Waals surface area contributed by atoms with Crippen LogP contribution in [-0.2, 0) is 0 Å². The van der Waals surface area contributed by atoms with Crippen LogP contribution in [0.25, 0.3) is 0 Å². The van der Waals surface area contributed by atoms with Crippen LogP contribution in [-0.4, -0.2) is 5.11 Å². The molecule has 1 atom stereocenters. The zero-order valence-corrected chi connectivity index (χ0v) is 15.0. The van der Waals surface area contributed by atoms with Crippen LogP contribution in [0.15, 0.2) is 72.8 Å². The van der Waals surface area contributed by atoms with Gasteiger partial charge in [-0.25, -0.2) is 8.78 Å². The topological polar surface area (TPSA) is 24.1 Å². The molecule has 0 radical (unpaired) electrons. The smallest absolute Gasteiger partial charge is 0.171 e. The SMILES string of the molecule is Cc1ccc([C@@H](NC(=S)Nc2c(F)cccc2F)c2ccccc2)cc1. The highest BCUT2D eigenvalue weighted by Gasteiger charge is 2.17. The second-order valence-corrected chi connectivity index (χ2v) is 6.36. The summed E-state index contributed by atoms with van der Waals surface area (Å²) in [6.45, 7) is 2.02. The fourth-order valence-electron chi connectivity index (χ4n) is 2.66. The number of thiocarbonyl (C=S) groups is 1. The average Bonchev–Trinajstić information content (AvgIpc) is 2.64. The predicted octanol–water partition coefficient (Wildman–Crippen LogP) is 5.35. The van der Waals surface area contributed by atoms with Crippen molar-refractivity contribution in [1.29, 1.82) is 0 Å². The molecule has 0 aromatic heterocycles. The standard InChI is InChI=1S/C21H18F2N2S/c1-14-10-12-16(13-11-14)19(15-6-3-2-4-7-15)24-21(26)25-20-17(22)8-5-9-18(20)23/h2-13,19H,1H3,(H2,24,25,26)/t19-/m0/s1. The molecular weight excluding hydrogens is 350 g/mol. The molecule has 0 amide bonds. The summed E-state index contributed by atoms with van der Waals surface area (Å²) in [6, 6.07) is 21.2. The van der Waals surface area contributed by atoms with Crippen LogP contribution in [0.3, 0.4) is 0 Å². The predicted molar refractivity (Wildman–Crippen MR) is 105 cm³/mol. The Kier molecular flexibility index (Phi) is 5.58. The minimum atomic E-state index is -0.694. The molecule has 0 saturated heterocycles. The fourth-order valence-corrected chi connectivity index (χ4v) is 2.88. The second-order valence-electron chi connectivity index (χ2n) is 5.95. The van der Waals surface area contributed by atoms with E-state index in [4.69, 9.17) is 12.2 Å². The Morgan fingerprint density at radius 3 is 2.00 bits per heavy atom. The number of rotatable bonds is 4. The molecule has 0 unspecified atom stereocenters. The zero-order valence-electron chi connectivity index (χ0n) is 14.2. The van der Waals surface area contributed by atoms with E-state index < -0.39 is 11.6 Å². The molecule has 3 rings (SSSR count). The number of hydrogen-bond acceptors (Lipinski definition) is 1. The first kappa shape index (κ1) is 18.0. The van der Waals surface area contributed by atoms with Crippen molar-refractivity contribution in [3.05, 3.63) is 101 Å². The molecule has 0 bridgehead atoms. The van der Waals surface area contributed by atoms with Crippen molar-refractivity contribution in [2.24, 2.45) is 0 Å². The Labute approximate surface area is 156 Å². The van der Waals surface area contributed by atoms with Gasteiger partial charge in [0.2, 0.25) is 0 Å². The van der Waals surface area contributed by atoms with Gasteiger partial charge in [-0.05, 0) is 42.4 Å². The Morgan fingerprint density at radius 1 is 0.808 bits per heavy atom. The number of halogens is 2. The van der Waals surface area contributed by atoms with Gasteiger partial charge in [0.15, 0.2) is 5.11 Å². The zero-order chi connectivity index (χ0) is 18.5. The number of benzene rings is 3. The summed E-state index contributed by atoms with van der Waals surface area (Å²) in [5.74, 6) is -1.39. The van der Waals surface area contributed by atoms with Crippen molar-refractivity contribution in [3.63, 3.8) is 0 Å². The molecule has 0 saturated carbocycles. The molecule has 0 aliphatic heterocycles. The number of aryl methyl sites for hydroxylation is 1. The number of para-hydroxylation sites is 1. The Morgan fingerprint density at radius 2 is 1.38 bits per heavy atom. The van der Waals surface area contributed by atoms with Crippen molar-refractivity contribution in [2.75, 3.05) is 5.32 Å². The van der Waals surface area contributed by atoms with E-state index in [2.05, 4.69) is 10.6 Å². The van der Waals surface area contributed by atoms with E-state index in [9.17, 15) is 8.78 Å². The first-order chi connectivity index (χ1) is 12.5. The Bertz CT molecular complexity index is 875. The summed E-state index contributed by atoms with van der Waals surface area (Å²) in [7, 11) is 0. The van der Waals surface area contributed by atoms with Crippen molar-refractivity contribution < 1.29 is 8.78 Å². The van der Waals surface area contributed by atoms with Crippen LogP contribution in [0.1, 0.15) is 22.7 Å². The monoisotopic (exact) mass is 368 g/mol. The van der Waals surface area contributed by atoms with Crippen LogP contribution < -0.4 is 10.6 Å². The van der Waals surface area contributed by atoms with E-state index in [1.165, 1.54) is 18.2 Å². The van der Waals surface area contributed by atoms with Gasteiger partial charge in [0.1, 0.15) is 17.3 Å². The van der Waals surface area contributed by atoms with Gasteiger partial charge >= 0.3 is 0 Å². The third-order valence-corrected chi connectivity index (χ3v) is 4.24. The van der Waals surface area contributed by atoms with Gasteiger partial charge < -0.3 is 10.6 Å². The van der Waals surface area contributed by atoms with E-state index in [-0.39, 0.29) is 16.8 Å². The first-order valence-corrected chi connectivity index (χ1v) is 8.58. The normalized spacial score (nSPS) is 11.7. The molecule has 0 fully saturated rings. The molecule has 5 heteroatoms. The highest BCUT2D eigenvalue weighted by atomic mass is 32.1. The molecule has 26 heavy (non-hydrogen) atoms. The van der Waals surface area contributed by atoms with Crippen molar-refractivity contribution >= 4 is 23.0 Å². The lowest BCUT2D eigenvalue weighted by Gasteiger charge is -2.22. The van der Waals surface area contributed by atoms with E-state index >= 15 is 0 Å². The third-order valence-electron chi connectivity index (χ3n) is 4.02. The number of anilines is 1. The lowest BCUT2D eigenvalue weighted by Crippen LogP contribution is -2.33. The van der Waals surface area contributed by atoms with Gasteiger partial charge in [-0.2, -0.15) is 0 Å². The van der Waals surface area contributed by atoms with Gasteiger partial charge in [-0.1, -0.05) is 66.2 Å². The minimum Gasteiger partial charge on any atom is -0.352 e. The van der Waals surface area contributed by atoms with Crippen LogP contribution >= 0.6 is 12.2 Å². The quantitative estimate of drug-likeness (QED) is 0.607. The molecule has 0 aliphatic carbocycles. The van der Waals surface area contributed by atoms with Crippen molar-refractivity contribution in [3.8, 4) is 0 Å². The minimum absolute atomic E-state index is 0.142. The van der Waals surface area contributed by atoms with Gasteiger partial charge in [-0.3, -0.25) is 0 Å². The lowest BCUT2D eigenvalue weighted by molar-refractivity contribution is 0.591. The van der Waals surface area contributed by atoms with E-state index in [1.807, 2.05) is 61.5 Å². The van der Waals surface area contributed by atoms with Gasteiger partial charge in [0.25, 0.3) is 0 Å². The van der Waals surface area contributed by atoms with Crippen molar-refractivity contribution in [1.82, 2.24) is 5.32 Å². The maximum absolute atomic E-state index is 13.8. The first-order valence-electron chi connectivity index (χ1n) is 8.17. The second kappa shape index (κ2) is 8.06. The molecule has 3 aromatic carbocycles. The number of hydrogen-bond donors (Lipinski definition) is 2. The van der Waals surface area contributed by atoms with Crippen LogP contribution in [0.5, 0.6) is 0 Å². The third kappa shape index (κ3) is 4.24. The molecular formula is C21H18F2N2S. The van der Waals surface area contributed by atoms with Crippen LogP contribution in [0, 0.1) is 18.6 Å². The van der Waals surface area contributed by atoms with E-state index in [0.29, 0.717) is 0 Å². The van der Waals surface area contributed by atoms with Gasteiger partial charge in [0, 0.05) is 0 Å². The largest absolute Gasteiger partial charge is 0.352 e. The summed E-state index contributed by atoms with van der Waals surface area (Å²) in [4.78, 5) is 0. The summed E-state index contributed by atoms with van der Waals surface area (Å²) in [6.07, 6.45) is 0. The molecule has 0 heterocycles. The summed E-state index contributed by atoms with van der Waals surface area (Å²) in [5.41, 5.74) is 2.88. The van der Waals surface area contributed by atoms with Crippen molar-refractivity contribution in [2.45, 2.75) is 13.0 Å². The molecule has 2 nitrogen and oxygen atoms in total. The number of nitrogens with one attached hydrogen (secondary N) is 2. The fraction of sp³-hybridized carbons (Fsp3) is 0.0952. The summed E-state index contributed by atoms with van der Waals surface area (Å²) in [5, 5.41) is 5.93. The van der Waals surface area contributed by atoms with Crippen LogP contribution in [0.2, 0.25) is 0 Å².